The van der Waals surface area contributed by atoms with Crippen molar-refractivity contribution in [2.45, 2.75) is 32.7 Å². The summed E-state index contributed by atoms with van der Waals surface area (Å²) in [6.07, 6.45) is 0. The molecule has 0 N–H and O–H groups in total. The van der Waals surface area contributed by atoms with Gasteiger partial charge in [-0.05, 0) is 69.7 Å². The van der Waals surface area contributed by atoms with E-state index in [9.17, 15) is 9.59 Å². The van der Waals surface area contributed by atoms with Gasteiger partial charge in [-0.25, -0.2) is 14.8 Å². The molecule has 8 heteroatoms. The van der Waals surface area contributed by atoms with Crippen molar-refractivity contribution in [3.8, 4) is 16.1 Å². The molecule has 0 spiro atoms. The van der Waals surface area contributed by atoms with Crippen molar-refractivity contribution in [2.24, 2.45) is 0 Å². The SMILES string of the molecule is CCOC(=O)c1ccc(-n2c(C)cc(C(=O)CSc3nc(C)nc4sc(-c5ccccc5)cc34)c2C)cc1. The third kappa shape index (κ3) is 5.14. The molecule has 38 heavy (non-hydrogen) atoms. The minimum atomic E-state index is -0.344. The van der Waals surface area contributed by atoms with E-state index in [1.54, 1.807) is 30.4 Å². The quantitative estimate of drug-likeness (QED) is 0.0893. The number of thiophene rings is 1. The molecule has 6 nitrogen and oxygen atoms in total. The van der Waals surface area contributed by atoms with Gasteiger partial charge in [0, 0.05) is 32.9 Å². The first kappa shape index (κ1) is 25.9. The summed E-state index contributed by atoms with van der Waals surface area (Å²) >= 11 is 3.09. The number of carbonyl (C=O) groups excluding carboxylic acids is 2. The first-order valence-electron chi connectivity index (χ1n) is 12.3. The second-order valence-electron chi connectivity index (χ2n) is 8.87. The van der Waals surface area contributed by atoms with Gasteiger partial charge in [-0.3, -0.25) is 4.79 Å². The van der Waals surface area contributed by atoms with Crippen molar-refractivity contribution in [1.82, 2.24) is 14.5 Å². The van der Waals surface area contributed by atoms with Crippen LogP contribution in [0.25, 0.3) is 26.3 Å². The number of ether oxygens (including phenoxy) is 1. The second kappa shape index (κ2) is 10.9. The Balaban J connectivity index is 1.37. The Morgan fingerprint density at radius 1 is 0.974 bits per heavy atom. The van der Waals surface area contributed by atoms with E-state index >= 15 is 0 Å². The number of hydrogen-bond donors (Lipinski definition) is 0. The minimum Gasteiger partial charge on any atom is -0.462 e. The third-order valence-corrected chi connectivity index (χ3v) is 8.31. The van der Waals surface area contributed by atoms with Gasteiger partial charge in [-0.15, -0.1) is 11.3 Å². The molecule has 0 bridgehead atoms. The predicted octanol–water partition coefficient (Wildman–Crippen LogP) is 7.23. The number of rotatable bonds is 8. The van der Waals surface area contributed by atoms with Crippen molar-refractivity contribution >= 4 is 45.1 Å². The van der Waals surface area contributed by atoms with E-state index in [0.29, 0.717) is 23.6 Å². The van der Waals surface area contributed by atoms with Crippen LogP contribution in [0.4, 0.5) is 0 Å². The Hall–Kier alpha value is -3.75. The molecule has 0 saturated carbocycles. The van der Waals surface area contributed by atoms with Crippen molar-refractivity contribution in [3.05, 3.63) is 95.1 Å². The number of Topliss-reactive ketones (excluding diaryl/α,β-unsaturated/α-hetero) is 1. The maximum atomic E-state index is 13.4. The Kier molecular flexibility index (Phi) is 7.44. The highest BCUT2D eigenvalue weighted by Gasteiger charge is 2.19. The molecule has 0 aliphatic heterocycles. The maximum Gasteiger partial charge on any atom is 0.338 e. The number of aromatic nitrogens is 3. The van der Waals surface area contributed by atoms with Gasteiger partial charge in [0.05, 0.1) is 17.9 Å². The van der Waals surface area contributed by atoms with E-state index in [2.05, 4.69) is 28.2 Å². The van der Waals surface area contributed by atoms with E-state index in [4.69, 9.17) is 4.74 Å². The van der Waals surface area contributed by atoms with Gasteiger partial charge in [0.25, 0.3) is 0 Å². The number of aryl methyl sites for hydroxylation is 2. The van der Waals surface area contributed by atoms with Crippen LogP contribution in [-0.2, 0) is 4.74 Å². The Morgan fingerprint density at radius 2 is 1.71 bits per heavy atom. The van der Waals surface area contributed by atoms with Crippen LogP contribution in [0.5, 0.6) is 0 Å². The first-order chi connectivity index (χ1) is 18.4. The number of fused-ring (bicyclic) bond motifs is 1. The molecular weight excluding hydrogens is 514 g/mol. The lowest BCUT2D eigenvalue weighted by Gasteiger charge is -2.11. The van der Waals surface area contributed by atoms with Crippen LogP contribution in [0.1, 0.15) is 44.9 Å². The van der Waals surface area contributed by atoms with Gasteiger partial charge >= 0.3 is 5.97 Å². The summed E-state index contributed by atoms with van der Waals surface area (Å²) in [6, 6.07) is 21.5. The lowest BCUT2D eigenvalue weighted by Crippen LogP contribution is -2.07. The summed E-state index contributed by atoms with van der Waals surface area (Å²) in [5.74, 6) is 0.663. The number of esters is 1. The molecule has 0 atom stereocenters. The van der Waals surface area contributed by atoms with Gasteiger partial charge in [0.1, 0.15) is 15.7 Å². The van der Waals surface area contributed by atoms with Crippen LogP contribution in [0.15, 0.2) is 71.8 Å². The number of ketones is 1. The monoisotopic (exact) mass is 541 g/mol. The van der Waals surface area contributed by atoms with Gasteiger partial charge in [0.15, 0.2) is 5.78 Å². The van der Waals surface area contributed by atoms with Gasteiger partial charge < -0.3 is 9.30 Å². The zero-order valence-corrected chi connectivity index (χ0v) is 23.3. The fourth-order valence-electron chi connectivity index (χ4n) is 4.47. The fraction of sp³-hybridized carbons (Fsp3) is 0.200. The van der Waals surface area contributed by atoms with Crippen LogP contribution < -0.4 is 0 Å². The predicted molar refractivity (Wildman–Crippen MR) is 154 cm³/mol. The summed E-state index contributed by atoms with van der Waals surface area (Å²) in [5, 5.41) is 1.80. The van der Waals surface area contributed by atoms with Crippen LogP contribution in [0, 0.1) is 20.8 Å². The van der Waals surface area contributed by atoms with E-state index in [1.807, 2.05) is 61.7 Å². The normalized spacial score (nSPS) is 11.2. The highest BCUT2D eigenvalue weighted by Crippen LogP contribution is 2.37. The molecule has 5 aromatic rings. The summed E-state index contributed by atoms with van der Waals surface area (Å²) in [7, 11) is 0. The van der Waals surface area contributed by atoms with E-state index in [0.717, 1.165) is 42.8 Å². The van der Waals surface area contributed by atoms with E-state index in [1.165, 1.54) is 11.8 Å². The van der Waals surface area contributed by atoms with Crippen LogP contribution in [-0.4, -0.2) is 38.6 Å². The molecule has 0 radical (unpaired) electrons. The zero-order chi connectivity index (χ0) is 26.8. The Morgan fingerprint density at radius 3 is 2.42 bits per heavy atom. The summed E-state index contributed by atoms with van der Waals surface area (Å²) < 4.78 is 7.11. The maximum absolute atomic E-state index is 13.4. The number of nitrogens with zero attached hydrogens (tertiary/aromatic N) is 3. The van der Waals surface area contributed by atoms with Crippen molar-refractivity contribution in [3.63, 3.8) is 0 Å². The second-order valence-corrected chi connectivity index (χ2v) is 10.9. The van der Waals surface area contributed by atoms with Gasteiger partial charge in [0.2, 0.25) is 0 Å². The molecule has 5 rings (SSSR count). The molecule has 0 saturated heterocycles. The standard InChI is InChI=1S/C30H27N3O3S2/c1-5-36-30(35)22-11-13-23(14-12-22)33-18(2)15-24(19(33)3)26(34)17-37-28-25-16-27(21-9-7-6-8-10-21)38-29(25)32-20(4)31-28/h6-16H,5,17H2,1-4H3. The van der Waals surface area contributed by atoms with Crippen LogP contribution in [0.2, 0.25) is 0 Å². The smallest absolute Gasteiger partial charge is 0.338 e. The molecule has 0 aliphatic rings. The average Bonchev–Trinajstić information content (AvgIpc) is 3.48. The summed E-state index contributed by atoms with van der Waals surface area (Å²) in [4.78, 5) is 36.7. The van der Waals surface area contributed by atoms with E-state index in [-0.39, 0.29) is 17.5 Å². The van der Waals surface area contributed by atoms with Crippen molar-refractivity contribution < 1.29 is 14.3 Å². The molecule has 3 heterocycles. The molecule has 0 aliphatic carbocycles. The van der Waals surface area contributed by atoms with Crippen LogP contribution in [0.3, 0.4) is 0 Å². The molecule has 3 aromatic heterocycles. The van der Waals surface area contributed by atoms with Crippen molar-refractivity contribution in [2.75, 3.05) is 12.4 Å². The first-order valence-corrected chi connectivity index (χ1v) is 14.1. The number of carbonyl (C=O) groups is 2. The fourth-order valence-corrected chi connectivity index (χ4v) is 6.54. The summed E-state index contributed by atoms with van der Waals surface area (Å²) in [6.45, 7) is 7.92. The third-order valence-electron chi connectivity index (χ3n) is 6.24. The van der Waals surface area contributed by atoms with Gasteiger partial charge in [-0.1, -0.05) is 42.1 Å². The van der Waals surface area contributed by atoms with E-state index < -0.39 is 0 Å². The lowest BCUT2D eigenvalue weighted by molar-refractivity contribution is 0.0526. The van der Waals surface area contributed by atoms with Crippen LogP contribution >= 0.6 is 23.1 Å². The molecular formula is C30H27N3O3S2. The Bertz CT molecular complexity index is 1640. The highest BCUT2D eigenvalue weighted by atomic mass is 32.2. The molecule has 2 aromatic carbocycles. The molecule has 0 unspecified atom stereocenters. The minimum absolute atomic E-state index is 0.0421. The Labute approximate surface area is 229 Å². The average molecular weight is 542 g/mol. The summed E-state index contributed by atoms with van der Waals surface area (Å²) in [5.41, 5.74) is 5.03. The molecule has 0 amide bonds. The molecule has 192 valence electrons. The number of hydrogen-bond acceptors (Lipinski definition) is 7. The zero-order valence-electron chi connectivity index (χ0n) is 21.6. The number of benzene rings is 2. The topological polar surface area (TPSA) is 74.1 Å². The molecule has 0 fully saturated rings. The van der Waals surface area contributed by atoms with Crippen molar-refractivity contribution in [1.29, 1.82) is 0 Å². The lowest BCUT2D eigenvalue weighted by atomic mass is 10.2. The highest BCUT2D eigenvalue weighted by molar-refractivity contribution is 8.00. The number of thioether (sulfide) groups is 1. The van der Waals surface area contributed by atoms with Gasteiger partial charge in [-0.2, -0.15) is 0 Å². The largest absolute Gasteiger partial charge is 0.462 e.